The van der Waals surface area contributed by atoms with Crippen molar-refractivity contribution in [2.24, 2.45) is 0 Å². The lowest BCUT2D eigenvalue weighted by atomic mass is 10.1. The van der Waals surface area contributed by atoms with E-state index in [9.17, 15) is 24.6 Å². The minimum atomic E-state index is -3.61. The zero-order valence-electron chi connectivity index (χ0n) is 14.3. The smallest absolute Gasteiger partial charge is 0.259 e. The lowest BCUT2D eigenvalue weighted by Gasteiger charge is -2.17. The van der Waals surface area contributed by atoms with Crippen molar-refractivity contribution in [3.05, 3.63) is 35.5 Å². The van der Waals surface area contributed by atoms with E-state index in [4.69, 9.17) is 0 Å². The molecule has 2 aromatic rings. The standard InChI is InChI=1S/C16H24N3O5P/c1-11-4-3-5-13-16(11)12(8-18-13)6-7-19(22)14(20)9-17-10-15(21)25(2,23)24/h3-5,8,15,17-18,21-22H,6-7,9-10H2,1-2H3,(H,23,24). The van der Waals surface area contributed by atoms with Gasteiger partial charge in [0.05, 0.1) is 13.1 Å². The van der Waals surface area contributed by atoms with E-state index in [-0.39, 0.29) is 19.6 Å². The van der Waals surface area contributed by atoms with Gasteiger partial charge in [0.15, 0.2) is 0 Å². The van der Waals surface area contributed by atoms with Crippen molar-refractivity contribution in [1.82, 2.24) is 15.4 Å². The Balaban J connectivity index is 1.84. The van der Waals surface area contributed by atoms with Gasteiger partial charge >= 0.3 is 0 Å². The SMILES string of the molecule is Cc1cccc2[nH]cc(CCN(O)C(=O)CNCC(O)P(C)(=O)O)c12. The number of nitrogens with zero attached hydrogens (tertiary/aromatic N) is 1. The van der Waals surface area contributed by atoms with Crippen LogP contribution in [-0.2, 0) is 15.8 Å². The molecule has 0 saturated heterocycles. The number of aromatic nitrogens is 1. The third-order valence-corrected chi connectivity index (χ3v) is 5.32. The van der Waals surface area contributed by atoms with Crippen LogP contribution in [0.3, 0.4) is 0 Å². The van der Waals surface area contributed by atoms with Crippen LogP contribution >= 0.6 is 7.37 Å². The maximum absolute atomic E-state index is 11.9. The quantitative estimate of drug-likeness (QED) is 0.269. The topological polar surface area (TPSA) is 126 Å². The summed E-state index contributed by atoms with van der Waals surface area (Å²) in [6, 6.07) is 5.93. The Bertz CT molecular complexity index is 785. The first-order valence-corrected chi connectivity index (χ1v) is 10.1. The molecule has 1 amide bonds. The molecule has 5 N–H and O–H groups in total. The van der Waals surface area contributed by atoms with Crippen molar-refractivity contribution < 1.29 is 24.6 Å². The maximum Gasteiger partial charge on any atom is 0.259 e. The molecular formula is C16H24N3O5P. The lowest BCUT2D eigenvalue weighted by molar-refractivity contribution is -0.164. The normalized spacial score (nSPS) is 15.1. The number of carbonyl (C=O) groups excluding carboxylic acids is 1. The Hall–Kier alpha value is -1.70. The summed E-state index contributed by atoms with van der Waals surface area (Å²) in [7, 11) is -3.61. The second-order valence-electron chi connectivity index (χ2n) is 6.13. The molecular weight excluding hydrogens is 345 g/mol. The average molecular weight is 369 g/mol. The van der Waals surface area contributed by atoms with Gasteiger partial charge in [-0.3, -0.25) is 14.6 Å². The fourth-order valence-electron chi connectivity index (χ4n) is 2.57. The van der Waals surface area contributed by atoms with Gasteiger partial charge < -0.3 is 20.3 Å². The molecule has 138 valence electrons. The molecule has 1 heterocycles. The number of hydroxylamine groups is 2. The summed E-state index contributed by atoms with van der Waals surface area (Å²) in [4.78, 5) is 24.2. The van der Waals surface area contributed by atoms with Crippen LogP contribution in [0.1, 0.15) is 11.1 Å². The van der Waals surface area contributed by atoms with E-state index < -0.39 is 19.1 Å². The third kappa shape index (κ3) is 5.14. The van der Waals surface area contributed by atoms with Crippen molar-refractivity contribution in [3.63, 3.8) is 0 Å². The largest absolute Gasteiger partial charge is 0.382 e. The summed E-state index contributed by atoms with van der Waals surface area (Å²) in [6.45, 7) is 2.73. The van der Waals surface area contributed by atoms with Crippen LogP contribution in [0.25, 0.3) is 10.9 Å². The Morgan fingerprint density at radius 2 is 2.16 bits per heavy atom. The Morgan fingerprint density at radius 3 is 2.84 bits per heavy atom. The van der Waals surface area contributed by atoms with E-state index >= 15 is 0 Å². The molecule has 0 fully saturated rings. The number of rotatable bonds is 8. The highest BCUT2D eigenvalue weighted by Gasteiger charge is 2.22. The first-order valence-electron chi connectivity index (χ1n) is 7.93. The molecule has 2 atom stereocenters. The molecule has 25 heavy (non-hydrogen) atoms. The van der Waals surface area contributed by atoms with Crippen LogP contribution in [0.15, 0.2) is 24.4 Å². The molecule has 2 rings (SSSR count). The summed E-state index contributed by atoms with van der Waals surface area (Å²) < 4.78 is 11.2. The van der Waals surface area contributed by atoms with Gasteiger partial charge in [-0.05, 0) is 30.5 Å². The number of amides is 1. The van der Waals surface area contributed by atoms with Crippen LogP contribution in [0.4, 0.5) is 0 Å². The highest BCUT2D eigenvalue weighted by atomic mass is 31.2. The number of nitrogens with one attached hydrogen (secondary N) is 2. The summed E-state index contributed by atoms with van der Waals surface area (Å²) in [6.07, 6.45) is 2.35. The van der Waals surface area contributed by atoms with Crippen molar-refractivity contribution in [2.75, 3.05) is 26.3 Å². The molecule has 9 heteroatoms. The second-order valence-corrected chi connectivity index (χ2v) is 8.62. The Kier molecular flexibility index (Phi) is 6.37. The van der Waals surface area contributed by atoms with E-state index in [2.05, 4.69) is 10.3 Å². The number of carbonyl (C=O) groups is 1. The van der Waals surface area contributed by atoms with E-state index in [1.807, 2.05) is 31.3 Å². The zero-order valence-corrected chi connectivity index (χ0v) is 15.2. The van der Waals surface area contributed by atoms with Crippen LogP contribution < -0.4 is 5.32 Å². The number of aromatic amines is 1. The van der Waals surface area contributed by atoms with Gasteiger partial charge in [-0.15, -0.1) is 0 Å². The second kappa shape index (κ2) is 8.12. The van der Waals surface area contributed by atoms with Gasteiger partial charge in [0.25, 0.3) is 5.91 Å². The zero-order chi connectivity index (χ0) is 18.6. The Morgan fingerprint density at radius 1 is 1.44 bits per heavy atom. The molecule has 8 nitrogen and oxygen atoms in total. The van der Waals surface area contributed by atoms with Gasteiger partial charge in [0, 0.05) is 30.3 Å². The number of hydrogen-bond acceptors (Lipinski definition) is 5. The molecule has 0 bridgehead atoms. The lowest BCUT2D eigenvalue weighted by Crippen LogP contribution is -2.39. The van der Waals surface area contributed by atoms with Gasteiger partial charge in [0.2, 0.25) is 7.37 Å². The van der Waals surface area contributed by atoms with Crippen LogP contribution in [0, 0.1) is 6.92 Å². The summed E-state index contributed by atoms with van der Waals surface area (Å²) in [5, 5.41) is 23.5. The first-order chi connectivity index (χ1) is 11.7. The molecule has 1 aromatic carbocycles. The molecule has 0 saturated carbocycles. The maximum atomic E-state index is 11.9. The average Bonchev–Trinajstić information content (AvgIpc) is 2.96. The van der Waals surface area contributed by atoms with Crippen molar-refractivity contribution in [3.8, 4) is 0 Å². The number of fused-ring (bicyclic) bond motifs is 1. The van der Waals surface area contributed by atoms with Gasteiger partial charge in [-0.25, -0.2) is 5.06 Å². The van der Waals surface area contributed by atoms with Crippen molar-refractivity contribution >= 4 is 24.2 Å². The van der Waals surface area contributed by atoms with Gasteiger partial charge in [-0.1, -0.05) is 12.1 Å². The van der Waals surface area contributed by atoms with Gasteiger partial charge in [0.1, 0.15) is 5.85 Å². The molecule has 0 aliphatic heterocycles. The van der Waals surface area contributed by atoms with Gasteiger partial charge in [-0.2, -0.15) is 0 Å². The molecule has 0 aliphatic rings. The van der Waals surface area contributed by atoms with E-state index in [0.29, 0.717) is 11.5 Å². The fraction of sp³-hybridized carbons (Fsp3) is 0.438. The predicted molar refractivity (Wildman–Crippen MR) is 94.9 cm³/mol. The molecule has 2 unspecified atom stereocenters. The molecule has 0 aliphatic carbocycles. The first kappa shape index (κ1) is 19.6. The number of aliphatic hydroxyl groups is 1. The number of aryl methyl sites for hydroxylation is 1. The van der Waals surface area contributed by atoms with E-state index in [1.54, 1.807) is 0 Å². The fourth-order valence-corrected chi connectivity index (χ4v) is 3.04. The van der Waals surface area contributed by atoms with E-state index in [1.165, 1.54) is 0 Å². The molecule has 0 radical (unpaired) electrons. The highest BCUT2D eigenvalue weighted by Crippen LogP contribution is 2.39. The number of benzene rings is 1. The number of H-pyrrole nitrogens is 1. The van der Waals surface area contributed by atoms with E-state index in [0.717, 1.165) is 28.7 Å². The highest BCUT2D eigenvalue weighted by molar-refractivity contribution is 7.57. The van der Waals surface area contributed by atoms with Crippen molar-refractivity contribution in [2.45, 2.75) is 19.2 Å². The van der Waals surface area contributed by atoms with Crippen molar-refractivity contribution in [1.29, 1.82) is 0 Å². The molecule has 1 aromatic heterocycles. The van der Waals surface area contributed by atoms with Crippen LogP contribution in [-0.4, -0.2) is 63.3 Å². The summed E-state index contributed by atoms with van der Waals surface area (Å²) in [5.74, 6) is -2.02. The Labute approximate surface area is 145 Å². The summed E-state index contributed by atoms with van der Waals surface area (Å²) >= 11 is 0. The van der Waals surface area contributed by atoms with Crippen LogP contribution in [0.2, 0.25) is 0 Å². The van der Waals surface area contributed by atoms with Crippen LogP contribution in [0.5, 0.6) is 0 Å². The molecule has 0 spiro atoms. The monoisotopic (exact) mass is 369 g/mol. The third-order valence-electron chi connectivity index (χ3n) is 4.03. The number of aliphatic hydroxyl groups excluding tert-OH is 1. The minimum absolute atomic E-state index is 0.122. The minimum Gasteiger partial charge on any atom is -0.382 e. The number of hydrogen-bond donors (Lipinski definition) is 5. The predicted octanol–water partition coefficient (Wildman–Crippen LogP) is 1.04. The summed E-state index contributed by atoms with van der Waals surface area (Å²) in [5.41, 5.74) is 3.14.